The van der Waals surface area contributed by atoms with E-state index >= 15 is 0 Å². The Hall–Kier alpha value is -2.11. The maximum Gasteiger partial charge on any atom is 0.246 e. The van der Waals surface area contributed by atoms with Gasteiger partial charge in [-0.2, -0.15) is 0 Å². The number of nitrogens with one attached hydrogen (secondary N) is 1. The maximum atomic E-state index is 11.9. The first-order valence-corrected chi connectivity index (χ1v) is 7.82. The zero-order chi connectivity index (χ0) is 15.9. The molecule has 0 atom stereocenters. The summed E-state index contributed by atoms with van der Waals surface area (Å²) in [6.07, 6.45) is 3.20. The molecular weight excluding hydrogens is 320 g/mol. The first-order chi connectivity index (χ1) is 10.5. The number of anilines is 1. The van der Waals surface area contributed by atoms with Crippen molar-refractivity contribution in [3.05, 3.63) is 57.8 Å². The summed E-state index contributed by atoms with van der Waals surface area (Å²) in [6, 6.07) is 10.6. The van der Waals surface area contributed by atoms with Crippen molar-refractivity contribution in [1.29, 1.82) is 0 Å². The van der Waals surface area contributed by atoms with Gasteiger partial charge in [-0.3, -0.25) is 9.59 Å². The quantitative estimate of drug-likeness (QED) is 0.851. The van der Waals surface area contributed by atoms with Crippen LogP contribution in [0.1, 0.15) is 4.88 Å². The number of hydrogen-bond acceptors (Lipinski definition) is 3. The summed E-state index contributed by atoms with van der Waals surface area (Å²) < 4.78 is 0. The van der Waals surface area contributed by atoms with Gasteiger partial charge in [-0.05, 0) is 41.8 Å². The van der Waals surface area contributed by atoms with Gasteiger partial charge in [0.15, 0.2) is 0 Å². The van der Waals surface area contributed by atoms with Crippen molar-refractivity contribution in [2.75, 3.05) is 18.9 Å². The molecule has 6 heteroatoms. The largest absolute Gasteiger partial charge is 0.333 e. The molecule has 0 aliphatic carbocycles. The lowest BCUT2D eigenvalue weighted by molar-refractivity contribution is -0.129. The Kier molecular flexibility index (Phi) is 5.75. The third-order valence-corrected chi connectivity index (χ3v) is 3.91. The van der Waals surface area contributed by atoms with Gasteiger partial charge in [0.25, 0.3) is 0 Å². The van der Waals surface area contributed by atoms with Crippen LogP contribution in [0, 0.1) is 0 Å². The van der Waals surface area contributed by atoms with E-state index in [1.807, 2.05) is 17.5 Å². The van der Waals surface area contributed by atoms with E-state index in [4.69, 9.17) is 11.6 Å². The van der Waals surface area contributed by atoms with Crippen molar-refractivity contribution in [1.82, 2.24) is 4.90 Å². The molecule has 4 nitrogen and oxygen atoms in total. The second kappa shape index (κ2) is 7.77. The number of carbonyl (C=O) groups is 2. The average molecular weight is 335 g/mol. The monoisotopic (exact) mass is 334 g/mol. The Morgan fingerprint density at radius 2 is 2.00 bits per heavy atom. The van der Waals surface area contributed by atoms with Crippen LogP contribution < -0.4 is 5.32 Å². The van der Waals surface area contributed by atoms with E-state index in [-0.39, 0.29) is 18.4 Å². The van der Waals surface area contributed by atoms with Crippen LogP contribution in [0.15, 0.2) is 47.9 Å². The van der Waals surface area contributed by atoms with Crippen molar-refractivity contribution >= 4 is 46.5 Å². The predicted octanol–water partition coefficient (Wildman–Crippen LogP) is 3.51. The molecule has 1 aromatic carbocycles. The van der Waals surface area contributed by atoms with Crippen LogP contribution in [0.2, 0.25) is 5.02 Å². The third kappa shape index (κ3) is 5.02. The van der Waals surface area contributed by atoms with Gasteiger partial charge in [-0.1, -0.05) is 17.7 Å². The van der Waals surface area contributed by atoms with Gasteiger partial charge in [-0.25, -0.2) is 0 Å². The number of nitrogens with zero attached hydrogens (tertiary/aromatic N) is 1. The lowest BCUT2D eigenvalue weighted by atomic mass is 10.3. The van der Waals surface area contributed by atoms with Crippen molar-refractivity contribution in [3.63, 3.8) is 0 Å². The topological polar surface area (TPSA) is 49.4 Å². The van der Waals surface area contributed by atoms with Crippen LogP contribution in [0.3, 0.4) is 0 Å². The van der Waals surface area contributed by atoms with E-state index < -0.39 is 0 Å². The van der Waals surface area contributed by atoms with E-state index in [1.54, 1.807) is 48.7 Å². The summed E-state index contributed by atoms with van der Waals surface area (Å²) in [6.45, 7) is -0.0176. The highest BCUT2D eigenvalue weighted by atomic mass is 35.5. The number of benzene rings is 1. The van der Waals surface area contributed by atoms with Crippen molar-refractivity contribution in [2.45, 2.75) is 0 Å². The second-order valence-corrected chi connectivity index (χ2v) is 6.01. The van der Waals surface area contributed by atoms with E-state index in [1.165, 1.54) is 11.0 Å². The lowest BCUT2D eigenvalue weighted by Crippen LogP contribution is -2.33. The molecule has 0 fully saturated rings. The molecule has 1 N–H and O–H groups in total. The van der Waals surface area contributed by atoms with Crippen LogP contribution in [-0.4, -0.2) is 30.3 Å². The van der Waals surface area contributed by atoms with Gasteiger partial charge in [0.1, 0.15) is 0 Å². The minimum atomic E-state index is -0.261. The standard InChI is InChI=1S/C16H15ClN2O2S/c1-19(16(21)9-8-14-3-2-10-22-14)11-15(20)18-13-6-4-12(17)5-7-13/h2-10H,11H2,1H3,(H,18,20). The fourth-order valence-electron chi connectivity index (χ4n) is 1.69. The molecule has 2 aromatic rings. The number of amides is 2. The highest BCUT2D eigenvalue weighted by Crippen LogP contribution is 2.13. The minimum Gasteiger partial charge on any atom is -0.333 e. The van der Waals surface area contributed by atoms with Gasteiger partial charge < -0.3 is 10.2 Å². The molecule has 22 heavy (non-hydrogen) atoms. The molecule has 2 amide bonds. The summed E-state index contributed by atoms with van der Waals surface area (Å²) in [5.41, 5.74) is 0.643. The van der Waals surface area contributed by atoms with Gasteiger partial charge >= 0.3 is 0 Å². The SMILES string of the molecule is CN(CC(=O)Nc1ccc(Cl)cc1)C(=O)C=Cc1cccs1. The molecule has 0 aliphatic rings. The number of hydrogen-bond donors (Lipinski definition) is 1. The fraction of sp³-hybridized carbons (Fsp3) is 0.125. The Bertz CT molecular complexity index is 666. The number of carbonyl (C=O) groups excluding carboxylic acids is 2. The van der Waals surface area contributed by atoms with Crippen molar-refractivity contribution < 1.29 is 9.59 Å². The Morgan fingerprint density at radius 1 is 1.27 bits per heavy atom. The average Bonchev–Trinajstić information content (AvgIpc) is 3.00. The van der Waals surface area contributed by atoms with E-state index in [0.29, 0.717) is 10.7 Å². The first-order valence-electron chi connectivity index (χ1n) is 6.57. The molecule has 0 unspecified atom stereocenters. The number of halogens is 1. The summed E-state index contributed by atoms with van der Waals surface area (Å²) in [5.74, 6) is -0.484. The van der Waals surface area contributed by atoms with Crippen LogP contribution >= 0.6 is 22.9 Å². The third-order valence-electron chi connectivity index (χ3n) is 2.82. The Labute approximate surface area is 138 Å². The van der Waals surface area contributed by atoms with Crippen LogP contribution in [0.5, 0.6) is 0 Å². The molecule has 114 valence electrons. The molecule has 0 saturated heterocycles. The van der Waals surface area contributed by atoms with Crippen molar-refractivity contribution in [2.24, 2.45) is 0 Å². The number of thiophene rings is 1. The van der Waals surface area contributed by atoms with Crippen LogP contribution in [-0.2, 0) is 9.59 Å². The molecule has 0 radical (unpaired) electrons. The summed E-state index contributed by atoms with van der Waals surface area (Å²) in [7, 11) is 1.59. The highest BCUT2D eigenvalue weighted by molar-refractivity contribution is 7.10. The molecular formula is C16H15ClN2O2S. The van der Waals surface area contributed by atoms with Crippen molar-refractivity contribution in [3.8, 4) is 0 Å². The maximum absolute atomic E-state index is 11.9. The number of rotatable bonds is 5. The molecule has 1 heterocycles. The smallest absolute Gasteiger partial charge is 0.246 e. The van der Waals surface area contributed by atoms with Gasteiger partial charge in [0, 0.05) is 28.7 Å². The fourth-order valence-corrected chi connectivity index (χ4v) is 2.44. The molecule has 2 rings (SSSR count). The zero-order valence-electron chi connectivity index (χ0n) is 12.0. The second-order valence-electron chi connectivity index (χ2n) is 4.60. The normalized spacial score (nSPS) is 10.6. The van der Waals surface area contributed by atoms with E-state index in [2.05, 4.69) is 5.32 Å². The molecule has 1 aromatic heterocycles. The Morgan fingerprint density at radius 3 is 2.64 bits per heavy atom. The molecule has 0 aliphatic heterocycles. The van der Waals surface area contributed by atoms with Gasteiger partial charge in [0.05, 0.1) is 6.54 Å². The van der Waals surface area contributed by atoms with Crippen LogP contribution in [0.25, 0.3) is 6.08 Å². The molecule has 0 spiro atoms. The van der Waals surface area contributed by atoms with E-state index in [0.717, 1.165) is 4.88 Å². The summed E-state index contributed by atoms with van der Waals surface area (Å²) >= 11 is 7.32. The van der Waals surface area contributed by atoms with Gasteiger partial charge in [0.2, 0.25) is 11.8 Å². The predicted molar refractivity (Wildman–Crippen MR) is 91.1 cm³/mol. The zero-order valence-corrected chi connectivity index (χ0v) is 13.5. The molecule has 0 saturated carbocycles. The van der Waals surface area contributed by atoms with E-state index in [9.17, 15) is 9.59 Å². The summed E-state index contributed by atoms with van der Waals surface area (Å²) in [5, 5.41) is 5.25. The minimum absolute atomic E-state index is 0.0176. The molecule has 0 bridgehead atoms. The van der Waals surface area contributed by atoms with Crippen LogP contribution in [0.4, 0.5) is 5.69 Å². The lowest BCUT2D eigenvalue weighted by Gasteiger charge is -2.14. The number of likely N-dealkylation sites (N-methyl/N-ethyl adjacent to an activating group) is 1. The Balaban J connectivity index is 1.85. The van der Waals surface area contributed by atoms with Gasteiger partial charge in [-0.15, -0.1) is 11.3 Å². The highest BCUT2D eigenvalue weighted by Gasteiger charge is 2.10. The summed E-state index contributed by atoms with van der Waals surface area (Å²) in [4.78, 5) is 26.2. The first kappa shape index (κ1) is 16.3.